The predicted molar refractivity (Wildman–Crippen MR) is 37.2 cm³/mol. The number of nitrogens with one attached hydrogen (secondary N) is 1. The van der Waals surface area contributed by atoms with Gasteiger partial charge in [0, 0.05) is 6.20 Å². The number of hydrogen-bond donors (Lipinski definition) is 2. The Kier molecular flexibility index (Phi) is 2.22. The van der Waals surface area contributed by atoms with E-state index in [0.29, 0.717) is 0 Å². The second-order valence-corrected chi connectivity index (χ2v) is 1.96. The van der Waals surface area contributed by atoms with Crippen molar-refractivity contribution >= 4 is 5.91 Å². The van der Waals surface area contributed by atoms with Crippen molar-refractivity contribution in [3.05, 3.63) is 24.0 Å². The number of aromatic nitrogens is 1. The van der Waals surface area contributed by atoms with Crippen LogP contribution in [0, 0.1) is 0 Å². The van der Waals surface area contributed by atoms with E-state index in [0.717, 1.165) is 4.57 Å². The van der Waals surface area contributed by atoms with Crippen LogP contribution in [0.1, 0.15) is 10.5 Å². The van der Waals surface area contributed by atoms with Gasteiger partial charge in [0.15, 0.2) is 6.80 Å². The lowest BCUT2D eigenvalue weighted by molar-refractivity contribution is 0.0941. The summed E-state index contributed by atoms with van der Waals surface area (Å²) >= 11 is 0. The quantitative estimate of drug-likeness (QED) is 0.361. The summed E-state index contributed by atoms with van der Waals surface area (Å²) in [4.78, 5) is 10.8. The van der Waals surface area contributed by atoms with Crippen LogP contribution in [0.5, 0.6) is 0 Å². The smallest absolute Gasteiger partial charge is 0.281 e. The lowest BCUT2D eigenvalue weighted by atomic mass is 10.4. The average molecular weight is 157 g/mol. The monoisotopic (exact) mass is 157 g/mol. The fraction of sp³-hybridized carbons (Fsp3) is 0.167. The van der Waals surface area contributed by atoms with E-state index in [1.165, 1.54) is 12.3 Å². The molecule has 0 saturated carbocycles. The second-order valence-electron chi connectivity index (χ2n) is 1.96. The molecular formula is C6H8FN3O. The van der Waals surface area contributed by atoms with Gasteiger partial charge in [-0.05, 0) is 12.1 Å². The zero-order valence-electron chi connectivity index (χ0n) is 5.75. The van der Waals surface area contributed by atoms with Gasteiger partial charge in [-0.15, -0.1) is 0 Å². The van der Waals surface area contributed by atoms with Gasteiger partial charge in [-0.1, -0.05) is 0 Å². The lowest BCUT2D eigenvalue weighted by Gasteiger charge is -2.01. The number of hydrogen-bond acceptors (Lipinski definition) is 2. The highest BCUT2D eigenvalue weighted by atomic mass is 19.1. The fourth-order valence-electron chi connectivity index (χ4n) is 0.798. The lowest BCUT2D eigenvalue weighted by Crippen LogP contribution is -2.31. The molecule has 1 heterocycles. The van der Waals surface area contributed by atoms with E-state index in [1.54, 1.807) is 6.07 Å². The molecule has 0 spiro atoms. The fourth-order valence-corrected chi connectivity index (χ4v) is 0.798. The van der Waals surface area contributed by atoms with Crippen molar-refractivity contribution in [3.63, 3.8) is 0 Å². The number of rotatable bonds is 2. The van der Waals surface area contributed by atoms with Gasteiger partial charge in [-0.2, -0.15) is 0 Å². The van der Waals surface area contributed by atoms with Gasteiger partial charge in [0.2, 0.25) is 0 Å². The number of alkyl halides is 1. The Morgan fingerprint density at radius 1 is 1.82 bits per heavy atom. The Balaban J connectivity index is 2.92. The maximum absolute atomic E-state index is 12.1. The number of carbonyl (C=O) groups is 1. The van der Waals surface area contributed by atoms with Crippen molar-refractivity contribution in [2.45, 2.75) is 6.80 Å². The summed E-state index contributed by atoms with van der Waals surface area (Å²) in [7, 11) is 0. The second kappa shape index (κ2) is 3.16. The van der Waals surface area contributed by atoms with Crippen LogP contribution in [0.4, 0.5) is 4.39 Å². The molecule has 0 radical (unpaired) electrons. The van der Waals surface area contributed by atoms with E-state index < -0.39 is 12.7 Å². The zero-order valence-corrected chi connectivity index (χ0v) is 5.75. The molecule has 0 saturated heterocycles. The van der Waals surface area contributed by atoms with Crippen molar-refractivity contribution in [2.75, 3.05) is 0 Å². The summed E-state index contributed by atoms with van der Waals surface area (Å²) in [5, 5.41) is 0. The van der Waals surface area contributed by atoms with Crippen molar-refractivity contribution in [1.82, 2.24) is 9.99 Å². The van der Waals surface area contributed by atoms with Crippen LogP contribution in [0.2, 0.25) is 0 Å². The summed E-state index contributed by atoms with van der Waals surface area (Å²) in [6, 6.07) is 3.06. The van der Waals surface area contributed by atoms with E-state index in [1.807, 2.05) is 5.43 Å². The van der Waals surface area contributed by atoms with Crippen LogP contribution in [-0.2, 0) is 6.80 Å². The van der Waals surface area contributed by atoms with Crippen molar-refractivity contribution < 1.29 is 9.18 Å². The number of amides is 1. The SMILES string of the molecule is NNC(=O)c1cccn1CF. The number of hydrazine groups is 1. The molecule has 0 atom stereocenters. The average Bonchev–Trinajstić information content (AvgIpc) is 2.50. The van der Waals surface area contributed by atoms with Crippen molar-refractivity contribution in [1.29, 1.82) is 0 Å². The Morgan fingerprint density at radius 2 is 2.55 bits per heavy atom. The topological polar surface area (TPSA) is 60.0 Å². The first-order chi connectivity index (χ1) is 5.29. The molecule has 0 aliphatic heterocycles. The molecule has 0 unspecified atom stereocenters. The Morgan fingerprint density at radius 3 is 3.09 bits per heavy atom. The molecule has 0 aromatic carbocycles. The van der Waals surface area contributed by atoms with Crippen LogP contribution in [0.15, 0.2) is 18.3 Å². The van der Waals surface area contributed by atoms with Crippen LogP contribution in [0.25, 0.3) is 0 Å². The summed E-state index contributed by atoms with van der Waals surface area (Å²) in [6.07, 6.45) is 1.46. The highest BCUT2D eigenvalue weighted by molar-refractivity contribution is 5.92. The standard InChI is InChI=1S/C6H8FN3O/c7-4-10-3-1-2-5(10)6(11)9-8/h1-3H,4,8H2,(H,9,11). The first-order valence-electron chi connectivity index (χ1n) is 3.01. The summed E-state index contributed by atoms with van der Waals surface area (Å²) < 4.78 is 13.2. The van der Waals surface area contributed by atoms with Gasteiger partial charge in [-0.3, -0.25) is 10.2 Å². The van der Waals surface area contributed by atoms with E-state index in [2.05, 4.69) is 0 Å². The molecule has 5 heteroatoms. The summed E-state index contributed by atoms with van der Waals surface area (Å²) in [5.74, 6) is 4.36. The van der Waals surface area contributed by atoms with Gasteiger partial charge in [0.05, 0.1) is 0 Å². The molecule has 4 nitrogen and oxygen atoms in total. The molecule has 0 fully saturated rings. The highest BCUT2D eigenvalue weighted by Crippen LogP contribution is 2.01. The third-order valence-electron chi connectivity index (χ3n) is 1.32. The number of carbonyl (C=O) groups excluding carboxylic acids is 1. The molecule has 1 aromatic heterocycles. The largest absolute Gasteiger partial charge is 0.315 e. The highest BCUT2D eigenvalue weighted by Gasteiger charge is 2.07. The molecule has 60 valence electrons. The summed E-state index contributed by atoms with van der Waals surface area (Å²) in [6.45, 7) is -0.726. The Bertz CT molecular complexity index is 258. The Hall–Kier alpha value is -1.36. The molecule has 1 rings (SSSR count). The van der Waals surface area contributed by atoms with Gasteiger partial charge < -0.3 is 4.57 Å². The molecule has 3 N–H and O–H groups in total. The summed E-state index contributed by atoms with van der Waals surface area (Å²) in [5.41, 5.74) is 2.13. The van der Waals surface area contributed by atoms with Crippen molar-refractivity contribution in [2.24, 2.45) is 5.84 Å². The maximum Gasteiger partial charge on any atom is 0.281 e. The van der Waals surface area contributed by atoms with Gasteiger partial charge in [0.1, 0.15) is 5.69 Å². The van der Waals surface area contributed by atoms with E-state index in [4.69, 9.17) is 5.84 Å². The Labute approximate surface area is 62.8 Å². The van der Waals surface area contributed by atoms with Crippen LogP contribution in [-0.4, -0.2) is 10.5 Å². The predicted octanol–water partition coefficient (Wildman–Crippen LogP) is 0.0186. The molecule has 0 bridgehead atoms. The molecule has 11 heavy (non-hydrogen) atoms. The van der Waals surface area contributed by atoms with E-state index >= 15 is 0 Å². The normalized spacial score (nSPS) is 9.64. The van der Waals surface area contributed by atoms with Crippen molar-refractivity contribution in [3.8, 4) is 0 Å². The number of nitrogen functional groups attached to an aromatic ring is 1. The van der Waals surface area contributed by atoms with E-state index in [-0.39, 0.29) is 5.69 Å². The molecular weight excluding hydrogens is 149 g/mol. The number of nitrogens with zero attached hydrogens (tertiary/aromatic N) is 1. The van der Waals surface area contributed by atoms with Gasteiger partial charge in [0.25, 0.3) is 5.91 Å². The van der Waals surface area contributed by atoms with Gasteiger partial charge in [-0.25, -0.2) is 10.2 Å². The minimum atomic E-state index is -0.726. The van der Waals surface area contributed by atoms with Gasteiger partial charge >= 0.3 is 0 Å². The molecule has 0 aliphatic rings. The molecule has 0 aliphatic carbocycles. The van der Waals surface area contributed by atoms with Crippen LogP contribution >= 0.6 is 0 Å². The molecule has 1 aromatic rings. The first-order valence-corrected chi connectivity index (χ1v) is 3.01. The van der Waals surface area contributed by atoms with E-state index in [9.17, 15) is 9.18 Å². The van der Waals surface area contributed by atoms with Crippen LogP contribution in [0.3, 0.4) is 0 Å². The maximum atomic E-state index is 12.1. The number of nitrogens with two attached hydrogens (primary N) is 1. The number of halogens is 1. The third kappa shape index (κ3) is 1.38. The minimum Gasteiger partial charge on any atom is -0.315 e. The third-order valence-corrected chi connectivity index (χ3v) is 1.32. The minimum absolute atomic E-state index is 0.218. The first kappa shape index (κ1) is 7.74. The van der Waals surface area contributed by atoms with Crippen LogP contribution < -0.4 is 11.3 Å². The molecule has 1 amide bonds. The zero-order chi connectivity index (χ0) is 8.27.